The van der Waals surface area contributed by atoms with E-state index < -0.39 is 0 Å². The first-order chi connectivity index (χ1) is 17.1. The van der Waals surface area contributed by atoms with Crippen LogP contribution in [0.4, 0.5) is 5.69 Å². The van der Waals surface area contributed by atoms with E-state index in [1.165, 1.54) is 24.9 Å². The molecule has 0 spiro atoms. The first-order valence-corrected chi connectivity index (χ1v) is 12.7. The Bertz CT molecular complexity index is 1080. The zero-order chi connectivity index (χ0) is 24.5. The monoisotopic (exact) mass is 492 g/mol. The van der Waals surface area contributed by atoms with Crippen molar-refractivity contribution in [2.75, 3.05) is 38.0 Å². The highest BCUT2D eigenvalue weighted by molar-refractivity contribution is 6.32. The molecule has 0 atom stereocenters. The van der Waals surface area contributed by atoms with E-state index in [0.717, 1.165) is 38.4 Å². The number of benzene rings is 2. The van der Waals surface area contributed by atoms with Gasteiger partial charge in [-0.25, -0.2) is 0 Å². The van der Waals surface area contributed by atoms with Crippen LogP contribution in [0.2, 0.25) is 5.02 Å². The third-order valence-corrected chi connectivity index (χ3v) is 6.50. The van der Waals surface area contributed by atoms with Crippen molar-refractivity contribution >= 4 is 23.2 Å². The number of unbranched alkanes of at least 4 members (excludes halogenated alkanes) is 1. The maximum absolute atomic E-state index is 12.7. The molecule has 0 unspecified atom stereocenters. The second-order valence-corrected chi connectivity index (χ2v) is 9.28. The largest absolute Gasteiger partial charge is 0.486 e. The molecule has 6 nitrogen and oxygen atoms in total. The minimum Gasteiger partial charge on any atom is -0.486 e. The molecule has 1 fully saturated rings. The van der Waals surface area contributed by atoms with Crippen LogP contribution in [0.3, 0.4) is 0 Å². The fraction of sp³-hybridized carbons (Fsp3) is 0.357. The molecule has 1 aliphatic heterocycles. The van der Waals surface area contributed by atoms with E-state index in [-0.39, 0.29) is 5.91 Å². The Morgan fingerprint density at radius 1 is 1.03 bits per heavy atom. The van der Waals surface area contributed by atoms with E-state index in [9.17, 15) is 4.79 Å². The molecule has 1 aliphatic rings. The molecular formula is C28H33ClN4O2. The van der Waals surface area contributed by atoms with Crippen molar-refractivity contribution in [3.05, 3.63) is 88.7 Å². The molecule has 1 saturated heterocycles. The van der Waals surface area contributed by atoms with Gasteiger partial charge in [0.15, 0.2) is 0 Å². The molecule has 1 N–H and O–H groups in total. The first kappa shape index (κ1) is 25.2. The van der Waals surface area contributed by atoms with Crippen LogP contribution in [0.1, 0.15) is 41.4 Å². The van der Waals surface area contributed by atoms with Crippen LogP contribution < -0.4 is 10.1 Å². The highest BCUT2D eigenvalue weighted by Gasteiger charge is 2.16. The third kappa shape index (κ3) is 7.52. The van der Waals surface area contributed by atoms with Crippen LogP contribution in [0.25, 0.3) is 0 Å². The zero-order valence-electron chi connectivity index (χ0n) is 20.3. The van der Waals surface area contributed by atoms with E-state index >= 15 is 0 Å². The number of carbonyl (C=O) groups excluding carboxylic acids is 1. The number of ether oxygens (including phenoxy) is 1. The molecular weight excluding hydrogens is 460 g/mol. The maximum atomic E-state index is 12.7. The summed E-state index contributed by atoms with van der Waals surface area (Å²) in [6.45, 7) is 9.15. The molecule has 0 radical (unpaired) electrons. The van der Waals surface area contributed by atoms with Gasteiger partial charge in [0.05, 0.1) is 10.7 Å². The van der Waals surface area contributed by atoms with Crippen molar-refractivity contribution in [2.24, 2.45) is 0 Å². The summed E-state index contributed by atoms with van der Waals surface area (Å²) in [5.74, 6) is 0.380. The van der Waals surface area contributed by atoms with Gasteiger partial charge >= 0.3 is 0 Å². The summed E-state index contributed by atoms with van der Waals surface area (Å²) in [7, 11) is 0. The van der Waals surface area contributed by atoms with Gasteiger partial charge in [0.2, 0.25) is 0 Å². The highest BCUT2D eigenvalue weighted by Crippen LogP contribution is 2.28. The van der Waals surface area contributed by atoms with Crippen molar-refractivity contribution in [3.63, 3.8) is 0 Å². The molecule has 0 aliphatic carbocycles. The molecule has 3 aromatic rings. The topological polar surface area (TPSA) is 57.7 Å². The molecule has 35 heavy (non-hydrogen) atoms. The second kappa shape index (κ2) is 12.7. The van der Waals surface area contributed by atoms with Crippen LogP contribution in [0.15, 0.2) is 66.9 Å². The van der Waals surface area contributed by atoms with Gasteiger partial charge < -0.3 is 15.0 Å². The van der Waals surface area contributed by atoms with Crippen molar-refractivity contribution in [1.29, 1.82) is 0 Å². The van der Waals surface area contributed by atoms with Gasteiger partial charge in [-0.3, -0.25) is 14.7 Å². The Morgan fingerprint density at radius 2 is 1.80 bits per heavy atom. The Labute approximate surface area is 212 Å². The lowest BCUT2D eigenvalue weighted by Crippen LogP contribution is -2.46. The van der Waals surface area contributed by atoms with Crippen molar-refractivity contribution in [3.8, 4) is 5.75 Å². The maximum Gasteiger partial charge on any atom is 0.255 e. The molecule has 1 amide bonds. The van der Waals surface area contributed by atoms with Crippen LogP contribution in [0.5, 0.6) is 5.75 Å². The number of hydrogen-bond acceptors (Lipinski definition) is 5. The number of rotatable bonds is 10. The summed E-state index contributed by atoms with van der Waals surface area (Å²) in [5.41, 5.74) is 3.28. The Hall–Kier alpha value is -2.93. The van der Waals surface area contributed by atoms with Crippen LogP contribution in [-0.4, -0.2) is 53.4 Å². The minimum atomic E-state index is -0.167. The van der Waals surface area contributed by atoms with E-state index in [1.54, 1.807) is 24.4 Å². The van der Waals surface area contributed by atoms with Crippen molar-refractivity contribution in [2.45, 2.75) is 32.9 Å². The Kier molecular flexibility index (Phi) is 9.12. The Balaban J connectivity index is 1.26. The lowest BCUT2D eigenvalue weighted by Gasteiger charge is -2.34. The number of amides is 1. The van der Waals surface area contributed by atoms with Crippen molar-refractivity contribution in [1.82, 2.24) is 14.8 Å². The summed E-state index contributed by atoms with van der Waals surface area (Å²) in [6.07, 6.45) is 4.25. The number of aromatic nitrogens is 1. The van der Waals surface area contributed by atoms with Crippen LogP contribution >= 0.6 is 11.6 Å². The molecule has 0 bridgehead atoms. The summed E-state index contributed by atoms with van der Waals surface area (Å²) < 4.78 is 5.75. The van der Waals surface area contributed by atoms with Gasteiger partial charge in [0.25, 0.3) is 5.91 Å². The summed E-state index contributed by atoms with van der Waals surface area (Å²) in [4.78, 5) is 22.0. The van der Waals surface area contributed by atoms with E-state index in [0.29, 0.717) is 28.6 Å². The zero-order valence-corrected chi connectivity index (χ0v) is 21.0. The average molecular weight is 493 g/mol. The smallest absolute Gasteiger partial charge is 0.255 e. The molecule has 1 aromatic heterocycles. The molecule has 2 heterocycles. The molecule has 184 valence electrons. The number of nitrogens with zero attached hydrogens (tertiary/aromatic N) is 3. The van der Waals surface area contributed by atoms with Gasteiger partial charge in [-0.1, -0.05) is 43.1 Å². The highest BCUT2D eigenvalue weighted by atomic mass is 35.5. The third-order valence-electron chi connectivity index (χ3n) is 6.21. The van der Waals surface area contributed by atoms with Gasteiger partial charge in [-0.15, -0.1) is 0 Å². The van der Waals surface area contributed by atoms with Gasteiger partial charge in [0, 0.05) is 50.2 Å². The van der Waals surface area contributed by atoms with E-state index in [1.807, 2.05) is 42.5 Å². The molecule has 7 heteroatoms. The number of piperazine rings is 1. The molecule has 2 aromatic carbocycles. The van der Waals surface area contributed by atoms with Gasteiger partial charge in [-0.2, -0.15) is 0 Å². The van der Waals surface area contributed by atoms with Crippen LogP contribution in [0, 0.1) is 0 Å². The number of hydrogen-bond donors (Lipinski definition) is 1. The fourth-order valence-corrected chi connectivity index (χ4v) is 4.34. The van der Waals surface area contributed by atoms with E-state index in [4.69, 9.17) is 16.3 Å². The summed E-state index contributed by atoms with van der Waals surface area (Å²) in [5, 5.41) is 3.35. The minimum absolute atomic E-state index is 0.167. The lowest BCUT2D eigenvalue weighted by molar-refractivity contribution is 0.102. The molecule has 4 rings (SSSR count). The standard InChI is InChI=1S/C28H33ClN4O2/c1-2-3-14-32-15-17-33(18-16-32)20-22-7-9-23(10-8-22)28(34)31-24-11-12-27(26(29)19-24)35-21-25-6-4-5-13-30-25/h4-13,19H,2-3,14-18,20-21H2,1H3,(H,31,34). The van der Waals surface area contributed by atoms with Crippen molar-refractivity contribution < 1.29 is 9.53 Å². The normalized spacial score (nSPS) is 14.6. The number of anilines is 1. The number of pyridine rings is 1. The first-order valence-electron chi connectivity index (χ1n) is 12.3. The Morgan fingerprint density at radius 3 is 2.49 bits per heavy atom. The predicted octanol–water partition coefficient (Wildman–Crippen LogP) is 5.48. The summed E-state index contributed by atoms with van der Waals surface area (Å²) in [6, 6.07) is 18.7. The number of halogens is 1. The quantitative estimate of drug-likeness (QED) is 0.406. The average Bonchev–Trinajstić information content (AvgIpc) is 2.89. The SMILES string of the molecule is CCCCN1CCN(Cc2ccc(C(=O)Nc3ccc(OCc4ccccn4)c(Cl)c3)cc2)CC1. The lowest BCUT2D eigenvalue weighted by atomic mass is 10.1. The summed E-state index contributed by atoms with van der Waals surface area (Å²) >= 11 is 6.37. The van der Waals surface area contributed by atoms with E-state index in [2.05, 4.69) is 27.0 Å². The fourth-order valence-electron chi connectivity index (χ4n) is 4.11. The molecule has 0 saturated carbocycles. The number of nitrogens with one attached hydrogen (secondary N) is 1. The predicted molar refractivity (Wildman–Crippen MR) is 141 cm³/mol. The van der Waals surface area contributed by atoms with Crippen LogP contribution in [-0.2, 0) is 13.2 Å². The number of carbonyl (C=O) groups is 1. The van der Waals surface area contributed by atoms with Gasteiger partial charge in [-0.05, 0) is 61.0 Å². The van der Waals surface area contributed by atoms with Gasteiger partial charge in [0.1, 0.15) is 12.4 Å². The second-order valence-electron chi connectivity index (χ2n) is 8.88.